The number of benzene rings is 3. The van der Waals surface area contributed by atoms with Crippen molar-refractivity contribution in [2.75, 3.05) is 0 Å². The van der Waals surface area contributed by atoms with Crippen molar-refractivity contribution in [1.29, 1.82) is 0 Å². The molecule has 1 aromatic heterocycles. The summed E-state index contributed by atoms with van der Waals surface area (Å²) in [5.41, 5.74) is 3.55. The second-order valence-corrected chi connectivity index (χ2v) is 6.53. The van der Waals surface area contributed by atoms with Crippen LogP contribution < -0.4 is 4.74 Å². The number of carbonyl (C=O) groups excluding carboxylic acids is 1. The minimum atomic E-state index is -0.547. The van der Waals surface area contributed by atoms with Crippen LogP contribution >= 0.6 is 0 Å². The van der Waals surface area contributed by atoms with E-state index in [1.54, 1.807) is 6.07 Å². The Morgan fingerprint density at radius 3 is 2.38 bits per heavy atom. The molecule has 0 amide bonds. The molecule has 0 aliphatic carbocycles. The van der Waals surface area contributed by atoms with Crippen LogP contribution in [0.25, 0.3) is 22.2 Å². The van der Waals surface area contributed by atoms with E-state index in [2.05, 4.69) is 0 Å². The zero-order valence-corrected chi connectivity index (χ0v) is 15.5. The van der Waals surface area contributed by atoms with Gasteiger partial charge in [-0.1, -0.05) is 48.5 Å². The number of non-ortho nitro benzene ring substituents is 1. The van der Waals surface area contributed by atoms with Gasteiger partial charge in [-0.25, -0.2) is 9.78 Å². The lowest BCUT2D eigenvalue weighted by Gasteiger charge is -2.11. The van der Waals surface area contributed by atoms with Crippen molar-refractivity contribution >= 4 is 22.6 Å². The van der Waals surface area contributed by atoms with E-state index < -0.39 is 10.9 Å². The number of fused-ring (bicyclic) bond motifs is 1. The van der Waals surface area contributed by atoms with Gasteiger partial charge in [0.15, 0.2) is 0 Å². The van der Waals surface area contributed by atoms with Crippen LogP contribution in [0.3, 0.4) is 0 Å². The molecule has 6 heteroatoms. The number of hydrogen-bond acceptors (Lipinski definition) is 5. The number of nitro benzene ring substituents is 1. The van der Waals surface area contributed by atoms with Gasteiger partial charge in [-0.3, -0.25) is 10.1 Å². The number of rotatable bonds is 4. The Kier molecular flexibility index (Phi) is 4.75. The molecule has 0 saturated carbocycles. The first-order valence-electron chi connectivity index (χ1n) is 8.95. The summed E-state index contributed by atoms with van der Waals surface area (Å²) in [5.74, 6) is -0.312. The SMILES string of the molecule is Cc1cccc2c(C(=O)Oc3ccc([N+](=O)[O-])cc3)cc(-c3ccccc3)nc12. The van der Waals surface area contributed by atoms with Crippen molar-refractivity contribution in [3.63, 3.8) is 0 Å². The Hall–Kier alpha value is -4.06. The van der Waals surface area contributed by atoms with E-state index in [-0.39, 0.29) is 11.4 Å². The van der Waals surface area contributed by atoms with Gasteiger partial charge in [-0.05, 0) is 30.7 Å². The first kappa shape index (κ1) is 18.3. The lowest BCUT2D eigenvalue weighted by Crippen LogP contribution is -2.10. The van der Waals surface area contributed by atoms with Gasteiger partial charge in [-0.2, -0.15) is 0 Å². The number of esters is 1. The zero-order valence-electron chi connectivity index (χ0n) is 15.5. The maximum Gasteiger partial charge on any atom is 0.344 e. The molecule has 0 fully saturated rings. The third-order valence-corrected chi connectivity index (χ3v) is 4.59. The lowest BCUT2D eigenvalue weighted by atomic mass is 10.0. The molecule has 0 N–H and O–H groups in total. The van der Waals surface area contributed by atoms with Gasteiger partial charge in [0.1, 0.15) is 5.75 Å². The summed E-state index contributed by atoms with van der Waals surface area (Å²) in [4.78, 5) is 28.0. The van der Waals surface area contributed by atoms with Crippen molar-refractivity contribution in [2.24, 2.45) is 0 Å². The van der Waals surface area contributed by atoms with Crippen LogP contribution in [-0.2, 0) is 0 Å². The lowest BCUT2D eigenvalue weighted by molar-refractivity contribution is -0.384. The molecule has 29 heavy (non-hydrogen) atoms. The fourth-order valence-electron chi connectivity index (χ4n) is 3.12. The standard InChI is InChI=1S/C23H16N2O4/c1-15-6-5-9-19-20(14-21(24-22(15)19)16-7-3-2-4-8-16)23(26)29-18-12-10-17(11-13-18)25(27)28/h2-14H,1H3. The second-order valence-electron chi connectivity index (χ2n) is 6.53. The van der Waals surface area contributed by atoms with E-state index in [0.29, 0.717) is 16.6 Å². The van der Waals surface area contributed by atoms with Crippen LogP contribution in [0.15, 0.2) is 78.9 Å². The molecular formula is C23H16N2O4. The molecule has 3 aromatic carbocycles. The zero-order chi connectivity index (χ0) is 20.4. The minimum Gasteiger partial charge on any atom is -0.423 e. The van der Waals surface area contributed by atoms with Gasteiger partial charge in [-0.15, -0.1) is 0 Å². The first-order chi connectivity index (χ1) is 14.0. The van der Waals surface area contributed by atoms with E-state index in [1.165, 1.54) is 24.3 Å². The maximum atomic E-state index is 13.0. The molecule has 0 radical (unpaired) electrons. The van der Waals surface area contributed by atoms with Gasteiger partial charge < -0.3 is 4.74 Å². The minimum absolute atomic E-state index is 0.0684. The van der Waals surface area contributed by atoms with E-state index in [1.807, 2.05) is 55.5 Å². The highest BCUT2D eigenvalue weighted by molar-refractivity contribution is 6.06. The first-order valence-corrected chi connectivity index (χ1v) is 8.95. The second kappa shape index (κ2) is 7.52. The summed E-state index contributed by atoms with van der Waals surface area (Å²) < 4.78 is 5.48. The predicted molar refractivity (Wildman–Crippen MR) is 110 cm³/mol. The monoisotopic (exact) mass is 384 g/mol. The summed E-state index contributed by atoms with van der Waals surface area (Å²) >= 11 is 0. The average molecular weight is 384 g/mol. The number of hydrogen-bond donors (Lipinski definition) is 0. The van der Waals surface area contributed by atoms with E-state index in [9.17, 15) is 14.9 Å². The summed E-state index contributed by atoms with van der Waals surface area (Å²) in [7, 11) is 0. The normalized spacial score (nSPS) is 10.7. The maximum absolute atomic E-state index is 13.0. The fraction of sp³-hybridized carbons (Fsp3) is 0.0435. The Morgan fingerprint density at radius 1 is 0.966 bits per heavy atom. The number of aryl methyl sites for hydroxylation is 1. The summed E-state index contributed by atoms with van der Waals surface area (Å²) in [6.45, 7) is 1.94. The van der Waals surface area contributed by atoms with Crippen LogP contribution in [0.5, 0.6) is 5.75 Å². The van der Waals surface area contributed by atoms with Crippen LogP contribution in [0.1, 0.15) is 15.9 Å². The summed E-state index contributed by atoms with van der Waals surface area (Å²) in [6.07, 6.45) is 0. The van der Waals surface area contributed by atoms with Gasteiger partial charge in [0.05, 0.1) is 21.7 Å². The number of para-hydroxylation sites is 1. The number of nitro groups is 1. The van der Waals surface area contributed by atoms with Gasteiger partial charge in [0, 0.05) is 23.1 Å². The van der Waals surface area contributed by atoms with Crippen LogP contribution in [0, 0.1) is 17.0 Å². The number of carbonyl (C=O) groups is 1. The van der Waals surface area contributed by atoms with Crippen LogP contribution in [-0.4, -0.2) is 15.9 Å². The van der Waals surface area contributed by atoms with E-state index in [4.69, 9.17) is 9.72 Å². The average Bonchev–Trinajstić information content (AvgIpc) is 2.74. The van der Waals surface area contributed by atoms with Crippen molar-refractivity contribution < 1.29 is 14.5 Å². The van der Waals surface area contributed by atoms with Gasteiger partial charge in [0.25, 0.3) is 5.69 Å². The third kappa shape index (κ3) is 3.68. The molecule has 0 atom stereocenters. The molecule has 0 unspecified atom stereocenters. The van der Waals surface area contributed by atoms with E-state index >= 15 is 0 Å². The van der Waals surface area contributed by atoms with Crippen molar-refractivity contribution in [3.8, 4) is 17.0 Å². The predicted octanol–water partition coefficient (Wildman–Crippen LogP) is 5.34. The number of nitrogens with zero attached hydrogens (tertiary/aromatic N) is 2. The Balaban J connectivity index is 1.78. The molecule has 0 saturated heterocycles. The highest BCUT2D eigenvalue weighted by Gasteiger charge is 2.17. The Labute approximate surface area is 166 Å². The van der Waals surface area contributed by atoms with Crippen molar-refractivity contribution in [2.45, 2.75) is 6.92 Å². The molecule has 0 spiro atoms. The van der Waals surface area contributed by atoms with E-state index in [0.717, 1.165) is 16.6 Å². The van der Waals surface area contributed by atoms with Crippen molar-refractivity contribution in [3.05, 3.63) is 100 Å². The highest BCUT2D eigenvalue weighted by Crippen LogP contribution is 2.28. The molecular weight excluding hydrogens is 368 g/mol. The number of pyridine rings is 1. The molecule has 1 heterocycles. The third-order valence-electron chi connectivity index (χ3n) is 4.59. The van der Waals surface area contributed by atoms with Gasteiger partial charge in [0.2, 0.25) is 0 Å². The van der Waals surface area contributed by atoms with Crippen LogP contribution in [0.2, 0.25) is 0 Å². The summed E-state index contributed by atoms with van der Waals surface area (Å²) in [5, 5.41) is 11.5. The van der Waals surface area contributed by atoms with Gasteiger partial charge >= 0.3 is 5.97 Å². The Morgan fingerprint density at radius 2 is 1.69 bits per heavy atom. The smallest absolute Gasteiger partial charge is 0.344 e. The number of ether oxygens (including phenoxy) is 1. The largest absolute Gasteiger partial charge is 0.423 e. The molecule has 0 aliphatic heterocycles. The molecule has 4 aromatic rings. The molecule has 0 bridgehead atoms. The molecule has 4 rings (SSSR count). The van der Waals surface area contributed by atoms with Crippen LogP contribution in [0.4, 0.5) is 5.69 Å². The topological polar surface area (TPSA) is 82.3 Å². The number of aromatic nitrogens is 1. The highest BCUT2D eigenvalue weighted by atomic mass is 16.6. The molecule has 6 nitrogen and oxygen atoms in total. The fourth-order valence-corrected chi connectivity index (χ4v) is 3.12. The van der Waals surface area contributed by atoms with Crippen molar-refractivity contribution in [1.82, 2.24) is 4.98 Å². The quantitative estimate of drug-likeness (QED) is 0.205. The Bertz CT molecular complexity index is 1220. The molecule has 142 valence electrons. The summed E-state index contributed by atoms with van der Waals surface area (Å²) in [6, 6.07) is 22.4. The molecule has 0 aliphatic rings.